The van der Waals surface area contributed by atoms with E-state index in [1.165, 1.54) is 30.9 Å². The molecule has 0 spiro atoms. The van der Waals surface area contributed by atoms with Crippen molar-refractivity contribution >= 4 is 15.9 Å². The van der Waals surface area contributed by atoms with Crippen LogP contribution >= 0.6 is 0 Å². The van der Waals surface area contributed by atoms with Gasteiger partial charge in [0, 0.05) is 25.7 Å². The molecule has 1 aromatic rings. The van der Waals surface area contributed by atoms with E-state index >= 15 is 0 Å². The molecule has 5 nitrogen and oxygen atoms in total. The zero-order chi connectivity index (χ0) is 20.4. The summed E-state index contributed by atoms with van der Waals surface area (Å²) < 4.78 is 26.5. The molecule has 6 heteroatoms. The van der Waals surface area contributed by atoms with E-state index in [4.69, 9.17) is 0 Å². The average Bonchev–Trinajstić information content (AvgIpc) is 2.90. The average molecular weight is 393 g/mol. The summed E-state index contributed by atoms with van der Waals surface area (Å²) in [7, 11) is -0.581. The summed E-state index contributed by atoms with van der Waals surface area (Å²) in [5.74, 6) is 0.458. The number of amides is 1. The Balaban J connectivity index is 1.92. The molecule has 2 fully saturated rings. The predicted molar refractivity (Wildman–Crippen MR) is 107 cm³/mol. The molecule has 2 aliphatic carbocycles. The number of benzene rings is 1. The zero-order valence-electron chi connectivity index (χ0n) is 17.5. The van der Waals surface area contributed by atoms with Crippen molar-refractivity contribution in [2.24, 2.45) is 16.7 Å². The molecule has 150 valence electrons. The first-order valence-corrected chi connectivity index (χ1v) is 11.1. The van der Waals surface area contributed by atoms with Crippen molar-refractivity contribution in [3.63, 3.8) is 0 Å². The molecule has 0 aliphatic heterocycles. The Hall–Kier alpha value is -1.40. The van der Waals surface area contributed by atoms with Crippen LogP contribution in [-0.4, -0.2) is 38.8 Å². The third-order valence-corrected chi connectivity index (χ3v) is 9.68. The number of sulfonamides is 1. The van der Waals surface area contributed by atoms with Crippen LogP contribution in [-0.2, 0) is 10.0 Å². The van der Waals surface area contributed by atoms with Crippen molar-refractivity contribution in [3.05, 3.63) is 28.8 Å². The topological polar surface area (TPSA) is 66.5 Å². The number of rotatable bonds is 4. The molecule has 27 heavy (non-hydrogen) atoms. The van der Waals surface area contributed by atoms with Crippen molar-refractivity contribution < 1.29 is 13.2 Å². The van der Waals surface area contributed by atoms with Crippen LogP contribution in [0.5, 0.6) is 0 Å². The monoisotopic (exact) mass is 392 g/mol. The Kier molecular flexibility index (Phi) is 4.75. The second kappa shape index (κ2) is 6.31. The van der Waals surface area contributed by atoms with Crippen molar-refractivity contribution in [1.29, 1.82) is 0 Å². The van der Waals surface area contributed by atoms with Crippen LogP contribution in [0.2, 0.25) is 0 Å². The number of aryl methyl sites for hydroxylation is 1. The molecular weight excluding hydrogens is 360 g/mol. The first kappa shape index (κ1) is 20.3. The van der Waals surface area contributed by atoms with Crippen LogP contribution in [0.4, 0.5) is 0 Å². The highest BCUT2D eigenvalue weighted by Crippen LogP contribution is 2.65. The maximum Gasteiger partial charge on any atom is 0.251 e. The van der Waals surface area contributed by atoms with Gasteiger partial charge in [0.25, 0.3) is 5.91 Å². The molecule has 2 saturated carbocycles. The van der Waals surface area contributed by atoms with Gasteiger partial charge < -0.3 is 5.32 Å². The summed E-state index contributed by atoms with van der Waals surface area (Å²) in [6, 6.07) is 3.45. The molecule has 2 bridgehead atoms. The van der Waals surface area contributed by atoms with E-state index in [2.05, 4.69) is 26.1 Å². The molecule has 3 unspecified atom stereocenters. The van der Waals surface area contributed by atoms with Gasteiger partial charge in [-0.2, -0.15) is 0 Å². The second-order valence-electron chi connectivity index (χ2n) is 9.34. The summed E-state index contributed by atoms with van der Waals surface area (Å²) in [4.78, 5) is 13.2. The fourth-order valence-corrected chi connectivity index (χ4v) is 6.30. The van der Waals surface area contributed by atoms with Crippen LogP contribution in [0.1, 0.15) is 61.5 Å². The van der Waals surface area contributed by atoms with Crippen molar-refractivity contribution in [1.82, 2.24) is 9.62 Å². The molecule has 1 aromatic carbocycles. The van der Waals surface area contributed by atoms with Crippen molar-refractivity contribution in [2.45, 2.75) is 64.8 Å². The van der Waals surface area contributed by atoms with Gasteiger partial charge in [-0.25, -0.2) is 12.7 Å². The minimum absolute atomic E-state index is 0.0889. The van der Waals surface area contributed by atoms with E-state index < -0.39 is 10.0 Å². The van der Waals surface area contributed by atoms with E-state index in [-0.39, 0.29) is 27.7 Å². The van der Waals surface area contributed by atoms with Crippen molar-refractivity contribution in [2.75, 3.05) is 14.1 Å². The molecule has 3 rings (SSSR count). The molecular formula is C21H32N2O3S. The lowest BCUT2D eigenvalue weighted by Crippen LogP contribution is -2.46. The number of carbonyl (C=O) groups is 1. The first-order valence-electron chi connectivity index (χ1n) is 9.67. The molecule has 3 atom stereocenters. The number of nitrogens with one attached hydrogen (secondary N) is 1. The van der Waals surface area contributed by atoms with Gasteiger partial charge in [-0.1, -0.05) is 20.8 Å². The van der Waals surface area contributed by atoms with Crippen LogP contribution < -0.4 is 5.32 Å². The summed E-state index contributed by atoms with van der Waals surface area (Å²) in [5, 5.41) is 3.23. The highest BCUT2D eigenvalue weighted by Gasteiger charge is 2.61. The van der Waals surface area contributed by atoms with E-state index in [1.54, 1.807) is 13.0 Å². The highest BCUT2D eigenvalue weighted by molar-refractivity contribution is 7.89. The summed E-state index contributed by atoms with van der Waals surface area (Å²) in [6.45, 7) is 10.5. The molecule has 0 heterocycles. The van der Waals surface area contributed by atoms with Gasteiger partial charge in [0.15, 0.2) is 0 Å². The third kappa shape index (κ3) is 2.92. The maximum absolute atomic E-state index is 13.0. The van der Waals surface area contributed by atoms with E-state index in [1.807, 2.05) is 6.92 Å². The van der Waals surface area contributed by atoms with Gasteiger partial charge in [0.1, 0.15) is 0 Å². The molecule has 0 radical (unpaired) electrons. The number of hydrogen-bond acceptors (Lipinski definition) is 3. The number of hydrogen-bond donors (Lipinski definition) is 1. The largest absolute Gasteiger partial charge is 0.349 e. The van der Waals surface area contributed by atoms with Gasteiger partial charge in [0.2, 0.25) is 10.0 Å². The van der Waals surface area contributed by atoms with Gasteiger partial charge in [-0.15, -0.1) is 0 Å². The van der Waals surface area contributed by atoms with Crippen LogP contribution in [0, 0.1) is 30.6 Å². The Bertz CT molecular complexity index is 889. The quantitative estimate of drug-likeness (QED) is 0.853. The molecule has 2 aliphatic rings. The highest BCUT2D eigenvalue weighted by atomic mass is 32.2. The fraction of sp³-hybridized carbons (Fsp3) is 0.667. The van der Waals surface area contributed by atoms with Gasteiger partial charge in [-0.05, 0) is 73.1 Å². The van der Waals surface area contributed by atoms with Crippen LogP contribution in [0.3, 0.4) is 0 Å². The van der Waals surface area contributed by atoms with E-state index in [0.717, 1.165) is 18.4 Å². The molecule has 1 amide bonds. The maximum atomic E-state index is 13.0. The first-order chi connectivity index (χ1) is 12.3. The van der Waals surface area contributed by atoms with Crippen LogP contribution in [0.25, 0.3) is 0 Å². The second-order valence-corrected chi connectivity index (χ2v) is 11.5. The van der Waals surface area contributed by atoms with Gasteiger partial charge in [-0.3, -0.25) is 4.79 Å². The van der Waals surface area contributed by atoms with Crippen LogP contribution in [0.15, 0.2) is 17.0 Å². The Labute approximate surface area is 163 Å². The fourth-order valence-electron chi connectivity index (χ4n) is 5.09. The standard InChI is InChI=1S/C21H32N2O3S/c1-13-10-15(11-17(14(13)2)27(25,26)23(6)7)19(24)22-18-12-16-8-9-21(18,5)20(16,3)4/h10-11,16,18H,8-9,12H2,1-7H3,(H,22,24). The normalized spacial score (nSPS) is 29.3. The minimum atomic E-state index is -3.60. The lowest BCUT2D eigenvalue weighted by atomic mass is 9.69. The van der Waals surface area contributed by atoms with Crippen molar-refractivity contribution in [3.8, 4) is 0 Å². The zero-order valence-corrected chi connectivity index (χ0v) is 18.3. The van der Waals surface area contributed by atoms with E-state index in [9.17, 15) is 13.2 Å². The molecule has 1 N–H and O–H groups in total. The Morgan fingerprint density at radius 3 is 2.30 bits per heavy atom. The summed E-state index contributed by atoms with van der Waals surface area (Å²) in [5.41, 5.74) is 2.22. The minimum Gasteiger partial charge on any atom is -0.349 e. The number of carbonyl (C=O) groups excluding carboxylic acids is 1. The SMILES string of the molecule is Cc1cc(C(=O)NC2CC3CCC2(C)C3(C)C)cc(S(=O)(=O)N(C)C)c1C. The molecule has 0 aromatic heterocycles. The number of nitrogens with zero attached hydrogens (tertiary/aromatic N) is 1. The predicted octanol–water partition coefficient (Wildman–Crippen LogP) is 3.50. The summed E-state index contributed by atoms with van der Waals surface area (Å²) in [6.07, 6.45) is 3.36. The summed E-state index contributed by atoms with van der Waals surface area (Å²) >= 11 is 0. The molecule has 0 saturated heterocycles. The van der Waals surface area contributed by atoms with Gasteiger partial charge in [0.05, 0.1) is 4.90 Å². The lowest BCUT2D eigenvalue weighted by molar-refractivity contribution is 0.0826. The van der Waals surface area contributed by atoms with E-state index in [0.29, 0.717) is 17.0 Å². The number of fused-ring (bicyclic) bond motifs is 2. The smallest absolute Gasteiger partial charge is 0.251 e. The Morgan fingerprint density at radius 1 is 1.19 bits per heavy atom. The van der Waals surface area contributed by atoms with Gasteiger partial charge >= 0.3 is 0 Å². The third-order valence-electron chi connectivity index (χ3n) is 7.74. The Morgan fingerprint density at radius 2 is 1.81 bits per heavy atom. The lowest BCUT2D eigenvalue weighted by Gasteiger charge is -2.39.